The van der Waals surface area contributed by atoms with Crippen molar-refractivity contribution >= 4 is 40.9 Å². The van der Waals surface area contributed by atoms with E-state index < -0.39 is 11.9 Å². The molecule has 0 radical (unpaired) electrons. The molecule has 2 heterocycles. The number of nitrogens with one attached hydrogen (secondary N) is 1. The predicted molar refractivity (Wildman–Crippen MR) is 75.6 cm³/mol. The van der Waals surface area contributed by atoms with Gasteiger partial charge in [-0.1, -0.05) is 23.2 Å². The van der Waals surface area contributed by atoms with Crippen LogP contribution in [0.4, 0.5) is 5.82 Å². The predicted octanol–water partition coefficient (Wildman–Crippen LogP) is 2.06. The lowest BCUT2D eigenvalue weighted by atomic mass is 10.2. The van der Waals surface area contributed by atoms with Crippen LogP contribution in [0.15, 0.2) is 24.7 Å². The normalized spacial score (nSPS) is 10.2. The lowest BCUT2D eigenvalue weighted by molar-refractivity contribution is -0.115. The van der Waals surface area contributed by atoms with E-state index in [1.807, 2.05) is 0 Å². The Kier molecular flexibility index (Phi) is 4.66. The zero-order valence-corrected chi connectivity index (χ0v) is 11.9. The SMILES string of the molecule is O=C(Cc1cc(Cl)ncc1Cl)Nc1nccnc1C(=O)O. The van der Waals surface area contributed by atoms with Gasteiger partial charge in [0, 0.05) is 18.6 Å². The molecule has 7 nitrogen and oxygen atoms in total. The molecule has 2 rings (SSSR count). The number of nitrogens with zero attached hydrogens (tertiary/aromatic N) is 3. The minimum Gasteiger partial charge on any atom is -0.476 e. The molecule has 0 bridgehead atoms. The fraction of sp³-hybridized carbons (Fsp3) is 0.0833. The zero-order chi connectivity index (χ0) is 15.4. The molecule has 0 saturated carbocycles. The van der Waals surface area contributed by atoms with Crippen molar-refractivity contribution in [2.24, 2.45) is 0 Å². The second-order valence-electron chi connectivity index (χ2n) is 3.88. The summed E-state index contributed by atoms with van der Waals surface area (Å²) in [6.45, 7) is 0. The fourth-order valence-corrected chi connectivity index (χ4v) is 1.87. The highest BCUT2D eigenvalue weighted by atomic mass is 35.5. The first-order chi connectivity index (χ1) is 9.97. The van der Waals surface area contributed by atoms with Gasteiger partial charge in [0.05, 0.1) is 11.4 Å². The van der Waals surface area contributed by atoms with E-state index in [2.05, 4.69) is 20.3 Å². The number of carboxylic acid groups (broad SMARTS) is 1. The summed E-state index contributed by atoms with van der Waals surface area (Å²) < 4.78 is 0. The van der Waals surface area contributed by atoms with Crippen LogP contribution in [0.5, 0.6) is 0 Å². The zero-order valence-electron chi connectivity index (χ0n) is 10.4. The van der Waals surface area contributed by atoms with Gasteiger partial charge >= 0.3 is 5.97 Å². The third-order valence-electron chi connectivity index (χ3n) is 2.41. The van der Waals surface area contributed by atoms with Gasteiger partial charge in [0.1, 0.15) is 5.15 Å². The standard InChI is InChI=1S/C12H8Cl2N4O3/c13-7-5-17-8(14)3-6(7)4-9(19)18-11-10(12(20)21)15-1-2-16-11/h1-3,5H,4H2,(H,20,21)(H,16,18,19). The van der Waals surface area contributed by atoms with Gasteiger partial charge in [0.2, 0.25) is 5.91 Å². The van der Waals surface area contributed by atoms with Gasteiger partial charge in [-0.25, -0.2) is 19.7 Å². The van der Waals surface area contributed by atoms with Gasteiger partial charge < -0.3 is 10.4 Å². The third-order valence-corrected chi connectivity index (χ3v) is 2.96. The van der Waals surface area contributed by atoms with Gasteiger partial charge in [-0.2, -0.15) is 0 Å². The number of carbonyl (C=O) groups is 2. The first-order valence-electron chi connectivity index (χ1n) is 5.61. The smallest absolute Gasteiger partial charge is 0.358 e. The Morgan fingerprint density at radius 1 is 1.19 bits per heavy atom. The van der Waals surface area contributed by atoms with Crippen LogP contribution in [-0.2, 0) is 11.2 Å². The van der Waals surface area contributed by atoms with E-state index in [4.69, 9.17) is 28.3 Å². The second kappa shape index (κ2) is 6.47. The van der Waals surface area contributed by atoms with Gasteiger partial charge in [-0.3, -0.25) is 4.79 Å². The van der Waals surface area contributed by atoms with Crippen LogP contribution in [0.1, 0.15) is 16.1 Å². The van der Waals surface area contributed by atoms with E-state index in [9.17, 15) is 9.59 Å². The third kappa shape index (κ3) is 3.87. The molecule has 0 aliphatic rings. The van der Waals surface area contributed by atoms with Crippen molar-refractivity contribution in [3.05, 3.63) is 46.1 Å². The van der Waals surface area contributed by atoms with Crippen LogP contribution < -0.4 is 5.32 Å². The molecule has 2 N–H and O–H groups in total. The molecule has 0 aromatic carbocycles. The Morgan fingerprint density at radius 2 is 1.90 bits per heavy atom. The van der Waals surface area contributed by atoms with Gasteiger partial charge in [-0.15, -0.1) is 0 Å². The average molecular weight is 327 g/mol. The van der Waals surface area contributed by atoms with Crippen LogP contribution in [0.2, 0.25) is 10.2 Å². The summed E-state index contributed by atoms with van der Waals surface area (Å²) in [5.41, 5.74) is 0.125. The molecule has 21 heavy (non-hydrogen) atoms. The Labute approximate surface area is 129 Å². The van der Waals surface area contributed by atoms with E-state index in [-0.39, 0.29) is 28.1 Å². The van der Waals surface area contributed by atoms with Gasteiger partial charge in [0.15, 0.2) is 11.5 Å². The summed E-state index contributed by atoms with van der Waals surface area (Å²) in [4.78, 5) is 34.1. The summed E-state index contributed by atoms with van der Waals surface area (Å²) in [7, 11) is 0. The molecule has 1 amide bonds. The summed E-state index contributed by atoms with van der Waals surface area (Å²) >= 11 is 11.6. The van der Waals surface area contributed by atoms with Crippen LogP contribution in [0, 0.1) is 0 Å². The van der Waals surface area contributed by atoms with Crippen LogP contribution in [0.25, 0.3) is 0 Å². The molecule has 0 spiro atoms. The molecular formula is C12H8Cl2N4O3. The maximum absolute atomic E-state index is 11.9. The van der Waals surface area contributed by atoms with E-state index in [1.165, 1.54) is 24.7 Å². The Bertz CT molecular complexity index is 709. The highest BCUT2D eigenvalue weighted by Crippen LogP contribution is 2.19. The number of halogens is 2. The van der Waals surface area contributed by atoms with Crippen LogP contribution in [-0.4, -0.2) is 31.9 Å². The number of rotatable bonds is 4. The molecular weight excluding hydrogens is 319 g/mol. The summed E-state index contributed by atoms with van der Waals surface area (Å²) in [6.07, 6.45) is 3.73. The van der Waals surface area contributed by atoms with E-state index in [1.54, 1.807) is 0 Å². The molecule has 2 aromatic rings. The number of carbonyl (C=O) groups excluding carboxylic acids is 1. The number of aromatic carboxylic acids is 1. The van der Waals surface area contributed by atoms with Gasteiger partial charge in [0.25, 0.3) is 0 Å². The number of amides is 1. The Balaban J connectivity index is 2.16. The van der Waals surface area contributed by atoms with Crippen molar-refractivity contribution in [3.63, 3.8) is 0 Å². The minimum atomic E-state index is -1.29. The topological polar surface area (TPSA) is 105 Å². The first kappa shape index (κ1) is 15.1. The monoisotopic (exact) mass is 326 g/mol. The molecule has 0 atom stereocenters. The quantitative estimate of drug-likeness (QED) is 0.833. The molecule has 2 aromatic heterocycles. The Morgan fingerprint density at radius 3 is 2.62 bits per heavy atom. The van der Waals surface area contributed by atoms with Crippen LogP contribution in [0.3, 0.4) is 0 Å². The molecule has 0 aliphatic carbocycles. The van der Waals surface area contributed by atoms with Crippen molar-refractivity contribution < 1.29 is 14.7 Å². The fourth-order valence-electron chi connectivity index (χ4n) is 1.52. The molecule has 0 saturated heterocycles. The number of hydrogen-bond acceptors (Lipinski definition) is 5. The summed E-state index contributed by atoms with van der Waals surface area (Å²) in [5, 5.41) is 11.8. The molecule has 0 aliphatic heterocycles. The van der Waals surface area contributed by atoms with Crippen molar-refractivity contribution in [1.82, 2.24) is 15.0 Å². The number of aromatic nitrogens is 3. The molecule has 0 fully saturated rings. The maximum atomic E-state index is 11.9. The molecule has 9 heteroatoms. The lowest BCUT2D eigenvalue weighted by Gasteiger charge is -2.07. The number of carboxylic acids is 1. The summed E-state index contributed by atoms with van der Waals surface area (Å²) in [6, 6.07) is 1.46. The molecule has 108 valence electrons. The molecule has 0 unspecified atom stereocenters. The van der Waals surface area contributed by atoms with Crippen molar-refractivity contribution in [2.45, 2.75) is 6.42 Å². The van der Waals surface area contributed by atoms with Crippen molar-refractivity contribution in [3.8, 4) is 0 Å². The maximum Gasteiger partial charge on any atom is 0.358 e. The minimum absolute atomic E-state index is 0.100. The number of pyridine rings is 1. The van der Waals surface area contributed by atoms with Crippen LogP contribution >= 0.6 is 23.2 Å². The highest BCUT2D eigenvalue weighted by Gasteiger charge is 2.16. The number of anilines is 1. The van der Waals surface area contributed by atoms with Crippen molar-refractivity contribution in [2.75, 3.05) is 5.32 Å². The van der Waals surface area contributed by atoms with E-state index >= 15 is 0 Å². The Hall–Kier alpha value is -2.25. The largest absolute Gasteiger partial charge is 0.476 e. The highest BCUT2D eigenvalue weighted by molar-refractivity contribution is 6.33. The first-order valence-corrected chi connectivity index (χ1v) is 6.37. The summed E-state index contributed by atoms with van der Waals surface area (Å²) in [5.74, 6) is -1.92. The lowest BCUT2D eigenvalue weighted by Crippen LogP contribution is -2.19. The average Bonchev–Trinajstić information content (AvgIpc) is 2.43. The van der Waals surface area contributed by atoms with Gasteiger partial charge in [-0.05, 0) is 11.6 Å². The van der Waals surface area contributed by atoms with E-state index in [0.29, 0.717) is 5.56 Å². The number of hydrogen-bond donors (Lipinski definition) is 2. The van der Waals surface area contributed by atoms with E-state index in [0.717, 1.165) is 0 Å². The van der Waals surface area contributed by atoms with Crippen molar-refractivity contribution in [1.29, 1.82) is 0 Å². The second-order valence-corrected chi connectivity index (χ2v) is 4.68.